The number of hydrogen-bond acceptors (Lipinski definition) is 3. The predicted molar refractivity (Wildman–Crippen MR) is 107 cm³/mol. The third-order valence-corrected chi connectivity index (χ3v) is 4.03. The van der Waals surface area contributed by atoms with Gasteiger partial charge in [0, 0.05) is 6.08 Å². The highest BCUT2D eigenvalue weighted by Crippen LogP contribution is 2.22. The molecule has 0 spiro atoms. The molecule has 0 radical (unpaired) electrons. The van der Waals surface area contributed by atoms with E-state index in [0.29, 0.717) is 22.6 Å². The van der Waals surface area contributed by atoms with Crippen molar-refractivity contribution in [2.75, 3.05) is 7.11 Å². The Morgan fingerprint density at radius 2 is 1.61 bits per heavy atom. The Morgan fingerprint density at radius 1 is 0.929 bits per heavy atom. The minimum absolute atomic E-state index is 0.309. The fourth-order valence-corrected chi connectivity index (χ4v) is 2.64. The van der Waals surface area contributed by atoms with Gasteiger partial charge in [0.1, 0.15) is 17.1 Å². The van der Waals surface area contributed by atoms with Crippen LogP contribution in [0, 0.1) is 0 Å². The Kier molecular flexibility index (Phi) is 6.13. The predicted octanol–water partition coefficient (Wildman–Crippen LogP) is 4.38. The molecular weight excluding hydrogens is 352 g/mol. The van der Waals surface area contributed by atoms with Crippen LogP contribution < -0.4 is 9.47 Å². The second-order valence-electron chi connectivity index (χ2n) is 5.84. The number of hydrogen-bond donors (Lipinski definition) is 0. The van der Waals surface area contributed by atoms with E-state index in [1.165, 1.54) is 6.08 Å². The van der Waals surface area contributed by atoms with E-state index in [-0.39, 0.29) is 0 Å². The quantitative estimate of drug-likeness (QED) is 0.161. The van der Waals surface area contributed by atoms with Gasteiger partial charge in [0.2, 0.25) is 0 Å². The highest BCUT2D eigenvalue weighted by atomic mass is 16.5. The number of nitrogens with zero attached hydrogens (tertiary/aromatic N) is 2. The number of benzene rings is 3. The molecular formula is C23H18N2O3. The second-order valence-corrected chi connectivity index (χ2v) is 5.84. The van der Waals surface area contributed by atoms with Crippen LogP contribution >= 0.6 is 0 Å². The molecule has 0 aliphatic rings. The van der Waals surface area contributed by atoms with Gasteiger partial charge in [-0.1, -0.05) is 42.5 Å². The summed E-state index contributed by atoms with van der Waals surface area (Å²) in [6.45, 7) is 0. The van der Waals surface area contributed by atoms with Crippen LogP contribution in [0.2, 0.25) is 0 Å². The first-order chi connectivity index (χ1) is 13.7. The minimum atomic E-state index is -0.534. The molecule has 5 nitrogen and oxygen atoms in total. The molecule has 0 fully saturated rings. The van der Waals surface area contributed by atoms with Crippen LogP contribution in [-0.4, -0.2) is 23.6 Å². The number of carbonyl (C=O) groups is 1. The highest BCUT2D eigenvalue weighted by molar-refractivity contribution is 6.11. The molecule has 5 heteroatoms. The lowest BCUT2D eigenvalue weighted by atomic mass is 10.0. The molecule has 0 atom stereocenters. The molecule has 3 rings (SSSR count). The molecule has 0 saturated carbocycles. The van der Waals surface area contributed by atoms with Crippen molar-refractivity contribution < 1.29 is 19.1 Å². The second kappa shape index (κ2) is 9.12. The average Bonchev–Trinajstić information content (AvgIpc) is 2.75. The molecule has 0 amide bonds. The van der Waals surface area contributed by atoms with Gasteiger partial charge in [0.25, 0.3) is 0 Å². The van der Waals surface area contributed by atoms with Crippen molar-refractivity contribution in [1.29, 1.82) is 0 Å². The van der Waals surface area contributed by atoms with E-state index in [0.717, 1.165) is 11.3 Å². The van der Waals surface area contributed by atoms with Gasteiger partial charge in [0.15, 0.2) is 0 Å². The molecule has 0 aliphatic carbocycles. The summed E-state index contributed by atoms with van der Waals surface area (Å²) in [5.41, 5.74) is 11.9. The van der Waals surface area contributed by atoms with Crippen LogP contribution in [0.5, 0.6) is 11.5 Å². The summed E-state index contributed by atoms with van der Waals surface area (Å²) < 4.78 is 10.6. The van der Waals surface area contributed by atoms with Gasteiger partial charge < -0.3 is 15.0 Å². The lowest BCUT2D eigenvalue weighted by molar-refractivity contribution is -0.128. The first-order valence-electron chi connectivity index (χ1n) is 8.62. The van der Waals surface area contributed by atoms with Gasteiger partial charge in [-0.15, -0.1) is 0 Å². The van der Waals surface area contributed by atoms with E-state index in [4.69, 9.17) is 9.47 Å². The Bertz CT molecular complexity index is 1030. The molecule has 0 N–H and O–H groups in total. The van der Waals surface area contributed by atoms with Crippen molar-refractivity contribution in [3.05, 3.63) is 107 Å². The zero-order valence-corrected chi connectivity index (χ0v) is 15.3. The van der Waals surface area contributed by atoms with Crippen LogP contribution in [0.15, 0.2) is 84.9 Å². The number of methoxy groups -OCH3 is 1. The van der Waals surface area contributed by atoms with E-state index in [1.54, 1.807) is 37.5 Å². The normalized spacial score (nSPS) is 10.3. The number of esters is 1. The van der Waals surface area contributed by atoms with Crippen LogP contribution in [-0.2, 0) is 4.79 Å². The van der Waals surface area contributed by atoms with Crippen molar-refractivity contribution in [3.63, 3.8) is 0 Å². The van der Waals surface area contributed by atoms with Crippen molar-refractivity contribution in [2.24, 2.45) is 0 Å². The van der Waals surface area contributed by atoms with Crippen LogP contribution in [0.1, 0.15) is 16.7 Å². The molecule has 138 valence electrons. The lowest BCUT2D eigenvalue weighted by Crippen LogP contribution is -2.11. The fraction of sp³-hybridized carbons (Fsp3) is 0.0435. The first-order valence-corrected chi connectivity index (χ1v) is 8.62. The van der Waals surface area contributed by atoms with Crippen LogP contribution in [0.3, 0.4) is 0 Å². The number of para-hydroxylation sites is 1. The zero-order valence-electron chi connectivity index (χ0n) is 15.3. The van der Waals surface area contributed by atoms with Crippen molar-refractivity contribution in [2.45, 2.75) is 0 Å². The summed E-state index contributed by atoms with van der Waals surface area (Å²) in [4.78, 5) is 15.7. The van der Waals surface area contributed by atoms with Crippen molar-refractivity contribution >= 4 is 17.8 Å². The van der Waals surface area contributed by atoms with Crippen LogP contribution in [0.25, 0.3) is 11.6 Å². The zero-order chi connectivity index (χ0) is 19.8. The number of rotatable bonds is 6. The van der Waals surface area contributed by atoms with E-state index in [1.807, 2.05) is 54.6 Å². The standard InChI is InChI=1S/C23H18N2O3/c1-27-19-14-11-17(12-15-19)13-16-22(26)28-21-10-6-5-9-20(21)23(25-24)18-7-3-2-4-8-18/h2-16H,1H3/b16-13+. The smallest absolute Gasteiger partial charge is 0.336 e. The minimum Gasteiger partial charge on any atom is -0.497 e. The molecule has 0 aromatic heterocycles. The Hall–Kier alpha value is -3.95. The van der Waals surface area contributed by atoms with Gasteiger partial charge in [-0.2, -0.15) is 4.79 Å². The maximum Gasteiger partial charge on any atom is 0.336 e. The molecule has 0 heterocycles. The number of ether oxygens (including phenoxy) is 2. The lowest BCUT2D eigenvalue weighted by Gasteiger charge is -2.06. The fourth-order valence-electron chi connectivity index (χ4n) is 2.64. The maximum absolute atomic E-state index is 12.3. The third kappa shape index (κ3) is 4.61. The summed E-state index contributed by atoms with van der Waals surface area (Å²) in [6.07, 6.45) is 3.00. The maximum atomic E-state index is 12.3. The van der Waals surface area contributed by atoms with Crippen LogP contribution in [0.4, 0.5) is 0 Å². The Labute approximate surface area is 163 Å². The van der Waals surface area contributed by atoms with Gasteiger partial charge >= 0.3 is 11.7 Å². The number of carbonyl (C=O) groups excluding carboxylic acids is 1. The highest BCUT2D eigenvalue weighted by Gasteiger charge is 2.20. The van der Waals surface area contributed by atoms with Crippen molar-refractivity contribution in [3.8, 4) is 11.5 Å². The van der Waals surface area contributed by atoms with Gasteiger partial charge in [0.05, 0.1) is 12.7 Å². The van der Waals surface area contributed by atoms with E-state index >= 15 is 0 Å². The molecule has 0 saturated heterocycles. The Balaban J connectivity index is 1.80. The SMILES string of the molecule is COc1ccc(/C=C/C(=O)Oc2ccccc2C(=[N+]=[N-])c2ccccc2)cc1. The molecule has 28 heavy (non-hydrogen) atoms. The topological polar surface area (TPSA) is 71.9 Å². The molecule has 0 unspecified atom stereocenters. The summed E-state index contributed by atoms with van der Waals surface area (Å²) in [5, 5.41) is 0. The summed E-state index contributed by atoms with van der Waals surface area (Å²) >= 11 is 0. The van der Waals surface area contributed by atoms with Crippen molar-refractivity contribution in [1.82, 2.24) is 0 Å². The van der Waals surface area contributed by atoms with E-state index < -0.39 is 5.97 Å². The average molecular weight is 370 g/mol. The molecule has 3 aromatic carbocycles. The summed E-state index contributed by atoms with van der Waals surface area (Å²) in [6, 6.07) is 23.4. The van der Waals surface area contributed by atoms with E-state index in [9.17, 15) is 10.3 Å². The van der Waals surface area contributed by atoms with E-state index in [2.05, 4.69) is 4.79 Å². The van der Waals surface area contributed by atoms with Gasteiger partial charge in [-0.3, -0.25) is 0 Å². The molecule has 3 aromatic rings. The van der Waals surface area contributed by atoms with Gasteiger partial charge in [-0.05, 0) is 48.0 Å². The molecule has 0 bridgehead atoms. The summed E-state index contributed by atoms with van der Waals surface area (Å²) in [5.74, 6) is 0.516. The first kappa shape index (κ1) is 18.8. The largest absolute Gasteiger partial charge is 0.497 e. The molecule has 0 aliphatic heterocycles. The monoisotopic (exact) mass is 370 g/mol. The summed E-state index contributed by atoms with van der Waals surface area (Å²) in [7, 11) is 1.60. The Morgan fingerprint density at radius 3 is 2.29 bits per heavy atom. The third-order valence-electron chi connectivity index (χ3n) is 4.03. The van der Waals surface area contributed by atoms with Gasteiger partial charge in [-0.25, -0.2) is 4.79 Å².